The van der Waals surface area contributed by atoms with E-state index in [9.17, 15) is 0 Å². The molecule has 0 aliphatic carbocycles. The number of nitrogens with zero attached hydrogens (tertiary/aromatic N) is 4. The fourth-order valence-electron chi connectivity index (χ4n) is 1.40. The largest absolute Gasteiger partial charge is 0.368 e. The highest BCUT2D eigenvalue weighted by atomic mass is 35.5. The van der Waals surface area contributed by atoms with E-state index in [0.29, 0.717) is 16.9 Å². The highest BCUT2D eigenvalue weighted by Crippen LogP contribution is 2.23. The number of benzene rings is 1. The van der Waals surface area contributed by atoms with Gasteiger partial charge >= 0.3 is 0 Å². The summed E-state index contributed by atoms with van der Waals surface area (Å²) in [6.45, 7) is 0. The van der Waals surface area contributed by atoms with Crippen molar-refractivity contribution in [3.63, 3.8) is 0 Å². The van der Waals surface area contributed by atoms with Gasteiger partial charge in [-0.2, -0.15) is 0 Å². The summed E-state index contributed by atoms with van der Waals surface area (Å²) in [6.07, 6.45) is 0. The molecule has 16 heavy (non-hydrogen) atoms. The van der Waals surface area contributed by atoms with Crippen LogP contribution in [0.3, 0.4) is 0 Å². The Morgan fingerprint density at radius 2 is 1.88 bits per heavy atom. The average Bonchev–Trinajstić information content (AvgIpc) is 2.60. The standard InChI is InChI=1S/C10H12ClN5/c1-15(8-5-3-7(11)4-6-8)10-14-13-9(12)16(10)2/h3-6H,1-2H3,(H2,12,13). The van der Waals surface area contributed by atoms with E-state index in [1.165, 1.54) is 0 Å². The summed E-state index contributed by atoms with van der Waals surface area (Å²) >= 11 is 5.83. The fraction of sp³-hybridized carbons (Fsp3) is 0.200. The van der Waals surface area contributed by atoms with Gasteiger partial charge in [0.25, 0.3) is 0 Å². The van der Waals surface area contributed by atoms with Crippen molar-refractivity contribution < 1.29 is 0 Å². The molecule has 0 aliphatic rings. The summed E-state index contributed by atoms with van der Waals surface area (Å²) in [5.41, 5.74) is 6.59. The average molecular weight is 238 g/mol. The highest BCUT2D eigenvalue weighted by molar-refractivity contribution is 6.30. The summed E-state index contributed by atoms with van der Waals surface area (Å²) < 4.78 is 1.72. The minimum absolute atomic E-state index is 0.385. The first-order valence-electron chi connectivity index (χ1n) is 4.74. The van der Waals surface area contributed by atoms with Crippen molar-refractivity contribution in [1.82, 2.24) is 14.8 Å². The van der Waals surface area contributed by atoms with E-state index >= 15 is 0 Å². The summed E-state index contributed by atoms with van der Waals surface area (Å²) in [7, 11) is 3.71. The van der Waals surface area contributed by atoms with Gasteiger partial charge in [-0.3, -0.25) is 4.57 Å². The van der Waals surface area contributed by atoms with Crippen molar-refractivity contribution in [2.75, 3.05) is 17.7 Å². The van der Waals surface area contributed by atoms with Gasteiger partial charge < -0.3 is 10.6 Å². The molecule has 0 saturated carbocycles. The predicted octanol–water partition coefficient (Wildman–Crippen LogP) is 1.82. The van der Waals surface area contributed by atoms with Gasteiger partial charge in [-0.15, -0.1) is 10.2 Å². The number of aromatic nitrogens is 3. The number of rotatable bonds is 2. The topological polar surface area (TPSA) is 60.0 Å². The molecule has 2 rings (SSSR count). The summed E-state index contributed by atoms with van der Waals surface area (Å²) in [4.78, 5) is 1.89. The van der Waals surface area contributed by atoms with Crippen LogP contribution in [0, 0.1) is 0 Å². The van der Waals surface area contributed by atoms with Crippen molar-refractivity contribution >= 4 is 29.2 Å². The molecule has 0 spiro atoms. The molecular weight excluding hydrogens is 226 g/mol. The summed E-state index contributed by atoms with van der Waals surface area (Å²) in [5, 5.41) is 8.50. The fourth-order valence-corrected chi connectivity index (χ4v) is 1.53. The second kappa shape index (κ2) is 4.02. The molecule has 2 N–H and O–H groups in total. The van der Waals surface area contributed by atoms with Crippen molar-refractivity contribution in [1.29, 1.82) is 0 Å². The van der Waals surface area contributed by atoms with Gasteiger partial charge in [-0.1, -0.05) is 11.6 Å². The first-order chi connectivity index (χ1) is 7.59. The van der Waals surface area contributed by atoms with Crippen LogP contribution in [0.4, 0.5) is 17.6 Å². The second-order valence-electron chi connectivity index (χ2n) is 3.45. The Hall–Kier alpha value is -1.75. The zero-order valence-electron chi connectivity index (χ0n) is 9.05. The quantitative estimate of drug-likeness (QED) is 0.866. The van der Waals surface area contributed by atoms with Crippen molar-refractivity contribution in [3.8, 4) is 0 Å². The number of anilines is 3. The first-order valence-corrected chi connectivity index (χ1v) is 5.11. The number of nitrogen functional groups attached to an aromatic ring is 1. The van der Waals surface area contributed by atoms with Crippen molar-refractivity contribution in [2.45, 2.75) is 0 Å². The van der Waals surface area contributed by atoms with Gasteiger partial charge in [0.2, 0.25) is 11.9 Å². The van der Waals surface area contributed by atoms with E-state index in [0.717, 1.165) is 5.69 Å². The van der Waals surface area contributed by atoms with Gasteiger partial charge in [-0.05, 0) is 24.3 Å². The third-order valence-corrected chi connectivity index (χ3v) is 2.65. The Bertz CT molecular complexity index is 490. The zero-order valence-corrected chi connectivity index (χ0v) is 9.81. The molecule has 0 amide bonds. The molecule has 5 nitrogen and oxygen atoms in total. The number of hydrogen-bond donors (Lipinski definition) is 1. The number of halogens is 1. The molecule has 0 aliphatic heterocycles. The Morgan fingerprint density at radius 1 is 1.25 bits per heavy atom. The van der Waals surface area contributed by atoms with E-state index < -0.39 is 0 Å². The SMILES string of the molecule is CN(c1ccc(Cl)cc1)c1nnc(N)n1C. The van der Waals surface area contributed by atoms with Crippen LogP contribution in [0.1, 0.15) is 0 Å². The van der Waals surface area contributed by atoms with E-state index in [1.807, 2.05) is 43.3 Å². The second-order valence-corrected chi connectivity index (χ2v) is 3.89. The van der Waals surface area contributed by atoms with Crippen LogP contribution in [0.15, 0.2) is 24.3 Å². The minimum Gasteiger partial charge on any atom is -0.368 e. The Labute approximate surface area is 98.4 Å². The van der Waals surface area contributed by atoms with E-state index in [1.54, 1.807) is 4.57 Å². The molecule has 1 aromatic heterocycles. The molecule has 0 radical (unpaired) electrons. The molecule has 2 aromatic rings. The summed E-state index contributed by atoms with van der Waals surface area (Å²) in [6, 6.07) is 7.47. The number of hydrogen-bond acceptors (Lipinski definition) is 4. The van der Waals surface area contributed by atoms with Crippen LogP contribution < -0.4 is 10.6 Å². The lowest BCUT2D eigenvalue weighted by molar-refractivity contribution is 0.893. The van der Waals surface area contributed by atoms with Crippen molar-refractivity contribution in [3.05, 3.63) is 29.3 Å². The lowest BCUT2D eigenvalue weighted by Crippen LogP contribution is -2.14. The zero-order chi connectivity index (χ0) is 11.7. The molecular formula is C10H12ClN5. The van der Waals surface area contributed by atoms with Crippen molar-refractivity contribution in [2.24, 2.45) is 7.05 Å². The third-order valence-electron chi connectivity index (χ3n) is 2.40. The maximum atomic E-state index is 5.83. The van der Waals surface area contributed by atoms with Crippen LogP contribution in [0.25, 0.3) is 0 Å². The van der Waals surface area contributed by atoms with E-state index in [2.05, 4.69) is 10.2 Å². The molecule has 84 valence electrons. The van der Waals surface area contributed by atoms with Crippen LogP contribution in [-0.4, -0.2) is 21.8 Å². The van der Waals surface area contributed by atoms with Gasteiger partial charge in [0.15, 0.2) is 0 Å². The molecule has 1 heterocycles. The maximum Gasteiger partial charge on any atom is 0.232 e. The smallest absolute Gasteiger partial charge is 0.232 e. The van der Waals surface area contributed by atoms with Gasteiger partial charge in [0, 0.05) is 24.8 Å². The Morgan fingerprint density at radius 3 is 2.38 bits per heavy atom. The maximum absolute atomic E-state index is 5.83. The predicted molar refractivity (Wildman–Crippen MR) is 64.9 cm³/mol. The van der Waals surface area contributed by atoms with E-state index in [4.69, 9.17) is 17.3 Å². The third kappa shape index (κ3) is 1.81. The van der Waals surface area contributed by atoms with Gasteiger partial charge in [0.05, 0.1) is 0 Å². The molecule has 6 heteroatoms. The molecule has 0 saturated heterocycles. The molecule has 1 aromatic carbocycles. The van der Waals surface area contributed by atoms with Gasteiger partial charge in [-0.25, -0.2) is 0 Å². The summed E-state index contributed by atoms with van der Waals surface area (Å²) in [5.74, 6) is 1.07. The molecule has 0 unspecified atom stereocenters. The number of nitrogens with two attached hydrogens (primary N) is 1. The minimum atomic E-state index is 0.385. The molecule has 0 atom stereocenters. The van der Waals surface area contributed by atoms with Crippen LogP contribution in [-0.2, 0) is 7.05 Å². The normalized spacial score (nSPS) is 10.4. The molecule has 0 bridgehead atoms. The van der Waals surface area contributed by atoms with Crippen LogP contribution in [0.5, 0.6) is 0 Å². The Kier molecular flexibility index (Phi) is 2.70. The van der Waals surface area contributed by atoms with Crippen LogP contribution in [0.2, 0.25) is 5.02 Å². The monoisotopic (exact) mass is 237 g/mol. The first kappa shape index (κ1) is 10.8. The van der Waals surface area contributed by atoms with E-state index in [-0.39, 0.29) is 0 Å². The molecule has 0 fully saturated rings. The van der Waals surface area contributed by atoms with Gasteiger partial charge in [0.1, 0.15) is 0 Å². The lowest BCUT2D eigenvalue weighted by atomic mass is 10.3. The highest BCUT2D eigenvalue weighted by Gasteiger charge is 2.11. The van der Waals surface area contributed by atoms with Crippen LogP contribution >= 0.6 is 11.6 Å². The lowest BCUT2D eigenvalue weighted by Gasteiger charge is -2.17. The Balaban J connectivity index is 2.35.